The Morgan fingerprint density at radius 2 is 2.10 bits per heavy atom. The van der Waals surface area contributed by atoms with Crippen molar-refractivity contribution in [1.82, 2.24) is 4.31 Å². The lowest BCUT2D eigenvalue weighted by molar-refractivity contribution is 0.568. The van der Waals surface area contributed by atoms with Gasteiger partial charge in [0.15, 0.2) is 0 Å². The van der Waals surface area contributed by atoms with Crippen molar-refractivity contribution in [2.45, 2.75) is 30.4 Å². The normalized spacial score (nSPS) is 15.8. The summed E-state index contributed by atoms with van der Waals surface area (Å²) in [5.41, 5.74) is 5.80. The summed E-state index contributed by atoms with van der Waals surface area (Å²) in [6.07, 6.45) is 14.4. The van der Waals surface area contributed by atoms with Crippen LogP contribution in [0.3, 0.4) is 0 Å². The number of rotatable bonds is 4. The zero-order chi connectivity index (χ0) is 15.5. The summed E-state index contributed by atoms with van der Waals surface area (Å²) in [5, 5.41) is 0. The molecule has 2 nitrogen and oxygen atoms in total. The highest BCUT2D eigenvalue weighted by atomic mass is 35.5. The summed E-state index contributed by atoms with van der Waals surface area (Å²) in [7, 11) is 1.50. The van der Waals surface area contributed by atoms with Gasteiger partial charge in [0.05, 0.1) is 8.55 Å². The van der Waals surface area contributed by atoms with Gasteiger partial charge in [-0.05, 0) is 63.4 Å². The average Bonchev–Trinajstić information content (AvgIpc) is 2.78. The molecule has 0 saturated heterocycles. The van der Waals surface area contributed by atoms with E-state index in [0.29, 0.717) is 0 Å². The van der Waals surface area contributed by atoms with Crippen molar-refractivity contribution in [3.8, 4) is 0 Å². The van der Waals surface area contributed by atoms with Crippen LogP contribution in [0.1, 0.15) is 26.2 Å². The molecule has 1 aliphatic rings. The van der Waals surface area contributed by atoms with Crippen molar-refractivity contribution >= 4 is 34.9 Å². The highest BCUT2D eigenvalue weighted by Crippen LogP contribution is 2.35. The van der Waals surface area contributed by atoms with Crippen LogP contribution in [0.2, 0.25) is 4.34 Å². The number of hydrogen-bond acceptors (Lipinski definition) is 4. The van der Waals surface area contributed by atoms with Crippen molar-refractivity contribution in [2.75, 3.05) is 13.6 Å². The molecule has 2 N–H and O–H groups in total. The second-order valence-corrected chi connectivity index (χ2v) is 7.30. The summed E-state index contributed by atoms with van der Waals surface area (Å²) in [4.78, 5) is 0. The van der Waals surface area contributed by atoms with Crippen LogP contribution in [0.25, 0.3) is 0 Å². The minimum absolute atomic E-state index is 0.854. The Balaban J connectivity index is 0.00000106. The molecule has 2 heterocycles. The molecule has 0 spiro atoms. The summed E-state index contributed by atoms with van der Waals surface area (Å²) >= 11 is 9.43. The van der Waals surface area contributed by atoms with Crippen molar-refractivity contribution < 1.29 is 0 Å². The molecular weight excluding hydrogens is 320 g/mol. The van der Waals surface area contributed by atoms with Gasteiger partial charge in [0, 0.05) is 12.2 Å². The number of thiophene rings is 1. The van der Waals surface area contributed by atoms with E-state index >= 15 is 0 Å². The fraction of sp³-hybridized carbons (Fsp3) is 0.375. The van der Waals surface area contributed by atoms with Gasteiger partial charge in [0.2, 0.25) is 0 Å². The van der Waals surface area contributed by atoms with Crippen LogP contribution in [0.15, 0.2) is 52.4 Å². The van der Waals surface area contributed by atoms with Crippen LogP contribution >= 0.6 is 34.9 Å². The SMILES string of the molecule is C/C=C\C=C/C1=CCCCCN1Sc1ccc(Cl)s1.CN. The summed E-state index contributed by atoms with van der Waals surface area (Å²) in [6, 6.07) is 4.06. The molecule has 1 aromatic rings. The molecule has 0 atom stereocenters. The summed E-state index contributed by atoms with van der Waals surface area (Å²) in [6.45, 7) is 3.12. The van der Waals surface area contributed by atoms with Gasteiger partial charge in [-0.1, -0.05) is 35.9 Å². The number of nitrogens with zero attached hydrogens (tertiary/aromatic N) is 1. The van der Waals surface area contributed by atoms with E-state index < -0.39 is 0 Å². The number of nitrogens with two attached hydrogens (primary N) is 1. The summed E-state index contributed by atoms with van der Waals surface area (Å²) in [5.74, 6) is 0. The topological polar surface area (TPSA) is 29.3 Å². The first-order valence-corrected chi connectivity index (χ1v) is 9.04. The van der Waals surface area contributed by atoms with Crippen LogP contribution < -0.4 is 5.73 Å². The number of halogens is 1. The van der Waals surface area contributed by atoms with E-state index in [9.17, 15) is 0 Å². The molecule has 0 amide bonds. The smallest absolute Gasteiger partial charge is 0.0940 e. The molecule has 116 valence electrons. The molecule has 0 aromatic carbocycles. The first-order valence-electron chi connectivity index (χ1n) is 7.07. The van der Waals surface area contributed by atoms with E-state index in [4.69, 9.17) is 11.6 Å². The van der Waals surface area contributed by atoms with E-state index in [2.05, 4.69) is 40.4 Å². The van der Waals surface area contributed by atoms with E-state index in [-0.39, 0.29) is 0 Å². The van der Waals surface area contributed by atoms with Gasteiger partial charge in [0.25, 0.3) is 0 Å². The molecule has 5 heteroatoms. The maximum absolute atomic E-state index is 6.00. The standard InChI is InChI=1S/C15H18ClNS2.CH5N/c1-2-3-5-8-13-9-6-4-7-12-17(13)19-15-11-10-14(16)18-15;1-2/h2-3,5,8-11H,4,6-7,12H2,1H3;2H2,1H3/b3-2-,8-5-;. The van der Waals surface area contributed by atoms with E-state index in [1.807, 2.05) is 19.1 Å². The lowest BCUT2D eigenvalue weighted by Gasteiger charge is -2.21. The van der Waals surface area contributed by atoms with Gasteiger partial charge in [-0.25, -0.2) is 0 Å². The van der Waals surface area contributed by atoms with Crippen molar-refractivity contribution in [2.24, 2.45) is 5.73 Å². The lowest BCUT2D eigenvalue weighted by atomic mass is 10.2. The van der Waals surface area contributed by atoms with Crippen molar-refractivity contribution in [3.63, 3.8) is 0 Å². The van der Waals surface area contributed by atoms with Gasteiger partial charge in [-0.2, -0.15) is 0 Å². The Kier molecular flexibility index (Phi) is 9.59. The van der Waals surface area contributed by atoms with E-state index in [0.717, 1.165) is 17.3 Å². The van der Waals surface area contributed by atoms with Crippen LogP contribution in [0, 0.1) is 0 Å². The molecule has 1 aliphatic heterocycles. The molecule has 0 unspecified atom stereocenters. The predicted octanol–water partition coefficient (Wildman–Crippen LogP) is 5.49. The van der Waals surface area contributed by atoms with Crippen LogP contribution in [0.5, 0.6) is 0 Å². The maximum Gasteiger partial charge on any atom is 0.0940 e. The van der Waals surface area contributed by atoms with Gasteiger partial charge < -0.3 is 10.0 Å². The Hall–Kier alpha value is -0.680. The fourth-order valence-electron chi connectivity index (χ4n) is 1.85. The Morgan fingerprint density at radius 1 is 1.29 bits per heavy atom. The van der Waals surface area contributed by atoms with E-state index in [1.165, 1.54) is 29.8 Å². The van der Waals surface area contributed by atoms with Crippen LogP contribution in [-0.2, 0) is 0 Å². The largest absolute Gasteiger partial charge is 0.333 e. The lowest BCUT2D eigenvalue weighted by Crippen LogP contribution is -2.13. The van der Waals surface area contributed by atoms with Crippen molar-refractivity contribution in [3.05, 3.63) is 52.5 Å². The van der Waals surface area contributed by atoms with Gasteiger partial charge in [-0.15, -0.1) is 11.3 Å². The zero-order valence-electron chi connectivity index (χ0n) is 12.6. The Bertz CT molecular complexity index is 492. The monoisotopic (exact) mass is 342 g/mol. The predicted molar refractivity (Wildman–Crippen MR) is 97.9 cm³/mol. The van der Waals surface area contributed by atoms with Crippen LogP contribution in [-0.4, -0.2) is 17.9 Å². The van der Waals surface area contributed by atoms with Crippen LogP contribution in [0.4, 0.5) is 0 Å². The van der Waals surface area contributed by atoms with Gasteiger partial charge in [0.1, 0.15) is 0 Å². The van der Waals surface area contributed by atoms with E-state index in [1.54, 1.807) is 23.3 Å². The zero-order valence-corrected chi connectivity index (χ0v) is 15.0. The minimum atomic E-state index is 0.854. The Morgan fingerprint density at radius 3 is 2.76 bits per heavy atom. The molecule has 0 aliphatic carbocycles. The second kappa shape index (κ2) is 11.0. The second-order valence-electron chi connectivity index (χ2n) is 4.26. The number of hydrogen-bond donors (Lipinski definition) is 1. The molecule has 0 bridgehead atoms. The third-order valence-corrected chi connectivity index (χ3v) is 5.21. The average molecular weight is 343 g/mol. The Labute approximate surface area is 141 Å². The molecular formula is C16H23ClN2S2. The first-order chi connectivity index (χ1) is 10.3. The van der Waals surface area contributed by atoms with Gasteiger partial charge in [-0.3, -0.25) is 0 Å². The molecule has 21 heavy (non-hydrogen) atoms. The third-order valence-electron chi connectivity index (χ3n) is 2.78. The number of allylic oxidation sites excluding steroid dienone is 5. The molecule has 0 saturated carbocycles. The minimum Gasteiger partial charge on any atom is -0.333 e. The molecule has 1 aromatic heterocycles. The fourth-order valence-corrected chi connectivity index (χ4v) is 4.26. The molecule has 0 radical (unpaired) electrons. The van der Waals surface area contributed by atoms with Gasteiger partial charge >= 0.3 is 0 Å². The molecule has 2 rings (SSSR count). The highest BCUT2D eigenvalue weighted by molar-refractivity contribution is 7.99. The maximum atomic E-state index is 6.00. The van der Waals surface area contributed by atoms with Crippen molar-refractivity contribution in [1.29, 1.82) is 0 Å². The highest BCUT2D eigenvalue weighted by Gasteiger charge is 2.13. The summed E-state index contributed by atoms with van der Waals surface area (Å²) < 4.78 is 4.47. The third kappa shape index (κ3) is 6.74. The molecule has 0 fully saturated rings. The quantitative estimate of drug-likeness (QED) is 0.579. The first kappa shape index (κ1) is 18.4.